The lowest BCUT2D eigenvalue weighted by atomic mass is 9.91. The second-order valence-corrected chi connectivity index (χ2v) is 6.56. The Morgan fingerprint density at radius 3 is 3.10 bits per heavy atom. The summed E-state index contributed by atoms with van der Waals surface area (Å²) in [5.74, 6) is -1.25. The second-order valence-electron chi connectivity index (χ2n) is 5.50. The number of fused-ring (bicyclic) bond motifs is 1. The zero-order valence-corrected chi connectivity index (χ0v) is 12.8. The number of carboxylic acid groups (broad SMARTS) is 1. The second kappa shape index (κ2) is 5.63. The van der Waals surface area contributed by atoms with E-state index in [4.69, 9.17) is 0 Å². The minimum absolute atomic E-state index is 0.0340. The number of carbonyl (C=O) groups is 2. The van der Waals surface area contributed by atoms with Gasteiger partial charge in [0.05, 0.1) is 5.69 Å². The van der Waals surface area contributed by atoms with E-state index in [2.05, 4.69) is 10.3 Å². The molecule has 0 spiro atoms. The minimum Gasteiger partial charge on any atom is -0.481 e. The molecule has 1 amide bonds. The Labute approximate surface area is 127 Å². The fourth-order valence-corrected chi connectivity index (χ4v) is 4.36. The Morgan fingerprint density at radius 2 is 2.38 bits per heavy atom. The number of nitrogens with one attached hydrogen (secondary N) is 1. The molecule has 1 fully saturated rings. The lowest BCUT2D eigenvalue weighted by Crippen LogP contribution is -2.55. The van der Waals surface area contributed by atoms with E-state index in [1.165, 1.54) is 0 Å². The Morgan fingerprint density at radius 1 is 1.57 bits per heavy atom. The van der Waals surface area contributed by atoms with Crippen molar-refractivity contribution >= 4 is 28.3 Å². The molecule has 2 aliphatic rings. The fourth-order valence-electron chi connectivity index (χ4n) is 3.12. The summed E-state index contributed by atoms with van der Waals surface area (Å²) in [4.78, 5) is 31.0. The number of thiazole rings is 1. The molecule has 0 radical (unpaired) electrons. The molecular weight excluding hydrogens is 290 g/mol. The van der Waals surface area contributed by atoms with Crippen LogP contribution in [0, 0.1) is 0 Å². The van der Waals surface area contributed by atoms with Crippen molar-refractivity contribution in [1.82, 2.24) is 10.3 Å². The molecule has 1 aromatic rings. The molecule has 0 saturated carbocycles. The number of aryl methyl sites for hydroxylation is 1. The molecule has 2 unspecified atom stereocenters. The normalized spacial score (nSPS) is 25.4. The van der Waals surface area contributed by atoms with Crippen LogP contribution in [-0.4, -0.2) is 41.1 Å². The van der Waals surface area contributed by atoms with Crippen LogP contribution in [0.15, 0.2) is 0 Å². The summed E-state index contributed by atoms with van der Waals surface area (Å²) >= 11 is 1.56. The number of hydrogen-bond donors (Lipinski definition) is 2. The average Bonchev–Trinajstić information content (AvgIpc) is 2.90. The third kappa shape index (κ3) is 2.50. The molecule has 7 heteroatoms. The third-order valence-corrected chi connectivity index (χ3v) is 5.37. The van der Waals surface area contributed by atoms with Crippen LogP contribution in [0.25, 0.3) is 0 Å². The number of amides is 1. The lowest BCUT2D eigenvalue weighted by Gasteiger charge is -2.34. The van der Waals surface area contributed by atoms with Gasteiger partial charge in [0, 0.05) is 18.0 Å². The van der Waals surface area contributed by atoms with Gasteiger partial charge in [0.2, 0.25) is 5.91 Å². The molecule has 1 aliphatic heterocycles. The number of aromatic nitrogens is 1. The summed E-state index contributed by atoms with van der Waals surface area (Å²) in [7, 11) is 0. The standard InChI is InChI=1S/C14H19N3O3S/c1-2-9-12(18)15-6-7-17(9)14-16-11-8(13(19)20)4-3-5-10(11)21-14/h8-9H,2-7H2,1H3,(H,15,18)(H,19,20). The van der Waals surface area contributed by atoms with Crippen LogP contribution in [0.1, 0.15) is 42.7 Å². The van der Waals surface area contributed by atoms with Gasteiger partial charge in [0.15, 0.2) is 5.13 Å². The molecule has 0 bridgehead atoms. The lowest BCUT2D eigenvalue weighted by molar-refractivity contribution is -0.139. The van der Waals surface area contributed by atoms with Crippen LogP contribution >= 0.6 is 11.3 Å². The van der Waals surface area contributed by atoms with E-state index in [0.29, 0.717) is 13.0 Å². The Hall–Kier alpha value is -1.63. The number of rotatable bonds is 3. The summed E-state index contributed by atoms with van der Waals surface area (Å²) < 4.78 is 0. The smallest absolute Gasteiger partial charge is 0.312 e. The number of nitrogens with zero attached hydrogens (tertiary/aromatic N) is 2. The van der Waals surface area contributed by atoms with Crippen molar-refractivity contribution in [2.45, 2.75) is 44.6 Å². The summed E-state index contributed by atoms with van der Waals surface area (Å²) in [6.45, 7) is 3.33. The summed E-state index contributed by atoms with van der Waals surface area (Å²) in [5, 5.41) is 13.0. The van der Waals surface area contributed by atoms with Gasteiger partial charge in [-0.2, -0.15) is 0 Å². The van der Waals surface area contributed by atoms with E-state index in [-0.39, 0.29) is 11.9 Å². The van der Waals surface area contributed by atoms with Crippen molar-refractivity contribution < 1.29 is 14.7 Å². The van der Waals surface area contributed by atoms with Crippen LogP contribution in [0.4, 0.5) is 5.13 Å². The number of carboxylic acids is 1. The highest BCUT2D eigenvalue weighted by atomic mass is 32.1. The highest BCUT2D eigenvalue weighted by Crippen LogP contribution is 2.38. The number of aliphatic carboxylic acids is 1. The summed E-state index contributed by atoms with van der Waals surface area (Å²) in [6.07, 6.45) is 3.17. The SMILES string of the molecule is CCC1C(=O)NCCN1c1nc2c(s1)CCCC2C(=O)O. The first kappa shape index (κ1) is 14.3. The van der Waals surface area contributed by atoms with Gasteiger partial charge in [0.25, 0.3) is 0 Å². The topological polar surface area (TPSA) is 82.5 Å². The molecule has 2 atom stereocenters. The van der Waals surface area contributed by atoms with E-state index in [1.807, 2.05) is 11.8 Å². The highest BCUT2D eigenvalue weighted by molar-refractivity contribution is 7.15. The Kier molecular flexibility index (Phi) is 3.84. The first-order valence-corrected chi connectivity index (χ1v) is 8.20. The van der Waals surface area contributed by atoms with Crippen molar-refractivity contribution in [2.24, 2.45) is 0 Å². The average molecular weight is 309 g/mol. The van der Waals surface area contributed by atoms with Crippen molar-refractivity contribution in [3.05, 3.63) is 10.6 Å². The molecule has 6 nitrogen and oxygen atoms in total. The van der Waals surface area contributed by atoms with Gasteiger partial charge in [-0.15, -0.1) is 11.3 Å². The number of anilines is 1. The van der Waals surface area contributed by atoms with Gasteiger partial charge >= 0.3 is 5.97 Å². The first-order chi connectivity index (χ1) is 10.1. The van der Waals surface area contributed by atoms with E-state index < -0.39 is 11.9 Å². The largest absolute Gasteiger partial charge is 0.481 e. The third-order valence-electron chi connectivity index (χ3n) is 4.20. The molecule has 1 aromatic heterocycles. The van der Waals surface area contributed by atoms with Gasteiger partial charge in [-0.1, -0.05) is 6.92 Å². The fraction of sp³-hybridized carbons (Fsp3) is 0.643. The maximum atomic E-state index is 12.0. The maximum absolute atomic E-state index is 12.0. The van der Waals surface area contributed by atoms with Crippen LogP contribution in [0.3, 0.4) is 0 Å². The summed E-state index contributed by atoms with van der Waals surface area (Å²) in [5.41, 5.74) is 0.717. The van der Waals surface area contributed by atoms with Gasteiger partial charge < -0.3 is 15.3 Å². The van der Waals surface area contributed by atoms with Gasteiger partial charge in [0.1, 0.15) is 12.0 Å². The van der Waals surface area contributed by atoms with E-state index >= 15 is 0 Å². The van der Waals surface area contributed by atoms with Crippen molar-refractivity contribution in [1.29, 1.82) is 0 Å². The molecule has 3 rings (SSSR count). The minimum atomic E-state index is -0.795. The Balaban J connectivity index is 1.93. The zero-order chi connectivity index (χ0) is 15.0. The first-order valence-electron chi connectivity index (χ1n) is 7.38. The molecule has 1 aliphatic carbocycles. The van der Waals surface area contributed by atoms with E-state index in [9.17, 15) is 14.7 Å². The van der Waals surface area contributed by atoms with Crippen LogP contribution in [-0.2, 0) is 16.0 Å². The van der Waals surface area contributed by atoms with Crippen LogP contribution in [0.5, 0.6) is 0 Å². The molecule has 114 valence electrons. The molecule has 2 heterocycles. The highest BCUT2D eigenvalue weighted by Gasteiger charge is 2.34. The van der Waals surface area contributed by atoms with Crippen molar-refractivity contribution in [2.75, 3.05) is 18.0 Å². The molecule has 2 N–H and O–H groups in total. The van der Waals surface area contributed by atoms with Crippen molar-refractivity contribution in [3.8, 4) is 0 Å². The van der Waals surface area contributed by atoms with Crippen LogP contribution in [0.2, 0.25) is 0 Å². The summed E-state index contributed by atoms with van der Waals surface area (Å²) in [6, 6.07) is -0.199. The maximum Gasteiger partial charge on any atom is 0.312 e. The van der Waals surface area contributed by atoms with E-state index in [0.717, 1.165) is 41.5 Å². The molecule has 21 heavy (non-hydrogen) atoms. The molecular formula is C14H19N3O3S. The van der Waals surface area contributed by atoms with Gasteiger partial charge in [-0.3, -0.25) is 9.59 Å². The van der Waals surface area contributed by atoms with Gasteiger partial charge in [-0.05, 0) is 25.7 Å². The van der Waals surface area contributed by atoms with Gasteiger partial charge in [-0.25, -0.2) is 4.98 Å². The van der Waals surface area contributed by atoms with E-state index in [1.54, 1.807) is 11.3 Å². The molecule has 0 aromatic carbocycles. The Bertz CT molecular complexity index is 572. The predicted molar refractivity (Wildman–Crippen MR) is 79.9 cm³/mol. The number of piperazine rings is 1. The monoisotopic (exact) mass is 309 g/mol. The van der Waals surface area contributed by atoms with Crippen molar-refractivity contribution in [3.63, 3.8) is 0 Å². The van der Waals surface area contributed by atoms with Crippen LogP contribution < -0.4 is 10.2 Å². The quantitative estimate of drug-likeness (QED) is 0.881. The number of hydrogen-bond acceptors (Lipinski definition) is 5. The zero-order valence-electron chi connectivity index (χ0n) is 12.0. The molecule has 1 saturated heterocycles. The predicted octanol–water partition coefficient (Wildman–Crippen LogP) is 1.36. The number of carbonyl (C=O) groups excluding carboxylic acids is 1.